The lowest BCUT2D eigenvalue weighted by Gasteiger charge is -2.26. The summed E-state index contributed by atoms with van der Waals surface area (Å²) in [5.74, 6) is -0.159. The Morgan fingerprint density at radius 3 is 2.43 bits per heavy atom. The van der Waals surface area contributed by atoms with Gasteiger partial charge in [0.15, 0.2) is 0 Å². The molecule has 1 heterocycles. The van der Waals surface area contributed by atoms with Crippen LogP contribution in [0.4, 0.5) is 5.69 Å². The first-order valence-corrected chi connectivity index (χ1v) is 10.4. The molecule has 158 valence electrons. The summed E-state index contributed by atoms with van der Waals surface area (Å²) in [5.41, 5.74) is 1.58. The number of hydrogen-bond acceptors (Lipinski definition) is 4. The summed E-state index contributed by atoms with van der Waals surface area (Å²) in [6.45, 7) is 4.56. The molecule has 2 aromatic rings. The number of benzene rings is 2. The van der Waals surface area contributed by atoms with E-state index >= 15 is 0 Å². The average molecular weight is 408 g/mol. The van der Waals surface area contributed by atoms with Crippen LogP contribution in [0.25, 0.3) is 0 Å². The molecule has 0 bridgehead atoms. The number of anilines is 1. The van der Waals surface area contributed by atoms with Crippen LogP contribution in [-0.2, 0) is 20.8 Å². The Hall–Kier alpha value is -3.15. The molecule has 30 heavy (non-hydrogen) atoms. The van der Waals surface area contributed by atoms with Crippen LogP contribution < -0.4 is 9.64 Å². The number of carbonyl (C=O) groups excluding carboxylic acids is 3. The number of unbranched alkanes of at least 4 members (excludes halogenated alkanes) is 1. The quantitative estimate of drug-likeness (QED) is 0.470. The van der Waals surface area contributed by atoms with Gasteiger partial charge in [-0.3, -0.25) is 14.4 Å². The summed E-state index contributed by atoms with van der Waals surface area (Å²) in [5, 5.41) is 0. The normalized spacial score (nSPS) is 16.1. The van der Waals surface area contributed by atoms with Gasteiger partial charge in [0.05, 0.1) is 18.7 Å². The molecule has 1 saturated heterocycles. The highest BCUT2D eigenvalue weighted by Crippen LogP contribution is 2.27. The third kappa shape index (κ3) is 5.06. The van der Waals surface area contributed by atoms with Crippen LogP contribution in [0.3, 0.4) is 0 Å². The van der Waals surface area contributed by atoms with E-state index in [1.807, 2.05) is 30.3 Å². The molecule has 0 aliphatic carbocycles. The third-order valence-electron chi connectivity index (χ3n) is 5.25. The van der Waals surface area contributed by atoms with Gasteiger partial charge in [-0.15, -0.1) is 0 Å². The van der Waals surface area contributed by atoms with Gasteiger partial charge < -0.3 is 9.64 Å². The second-order valence-corrected chi connectivity index (χ2v) is 7.43. The molecule has 0 radical (unpaired) electrons. The van der Waals surface area contributed by atoms with E-state index in [9.17, 15) is 14.4 Å². The van der Waals surface area contributed by atoms with Gasteiger partial charge in [0, 0.05) is 13.5 Å². The van der Waals surface area contributed by atoms with Gasteiger partial charge in [0.25, 0.3) is 5.91 Å². The molecule has 3 amide bonds. The van der Waals surface area contributed by atoms with Gasteiger partial charge >= 0.3 is 0 Å². The maximum Gasteiger partial charge on any atom is 0.257 e. The third-order valence-corrected chi connectivity index (χ3v) is 5.25. The van der Waals surface area contributed by atoms with Gasteiger partial charge in [0.1, 0.15) is 11.8 Å². The molecule has 3 rings (SSSR count). The average Bonchev–Trinajstić information content (AvgIpc) is 3.03. The van der Waals surface area contributed by atoms with E-state index in [1.165, 1.54) is 16.7 Å². The molecule has 1 aliphatic heterocycles. The molecule has 2 aromatic carbocycles. The molecule has 1 aliphatic rings. The molecule has 0 N–H and O–H groups in total. The molecule has 6 nitrogen and oxygen atoms in total. The van der Waals surface area contributed by atoms with Crippen molar-refractivity contribution >= 4 is 23.4 Å². The molecule has 0 spiro atoms. The number of carbonyl (C=O) groups is 3. The molecular formula is C24H28N2O4. The summed E-state index contributed by atoms with van der Waals surface area (Å²) < 4.78 is 5.64. The van der Waals surface area contributed by atoms with Crippen LogP contribution in [0.5, 0.6) is 5.75 Å². The summed E-state index contributed by atoms with van der Waals surface area (Å²) >= 11 is 0. The molecular weight excluding hydrogens is 380 g/mol. The minimum absolute atomic E-state index is 0.00194. The molecule has 1 fully saturated rings. The molecule has 0 aromatic heterocycles. The van der Waals surface area contributed by atoms with E-state index in [0.717, 1.165) is 18.4 Å². The Bertz CT molecular complexity index is 880. The van der Waals surface area contributed by atoms with Crippen LogP contribution in [0.1, 0.15) is 38.7 Å². The second-order valence-electron chi connectivity index (χ2n) is 7.43. The highest BCUT2D eigenvalue weighted by molar-refractivity contribution is 6.23. The van der Waals surface area contributed by atoms with Gasteiger partial charge in [-0.2, -0.15) is 0 Å². The van der Waals surface area contributed by atoms with Gasteiger partial charge in [-0.25, -0.2) is 4.90 Å². The van der Waals surface area contributed by atoms with Gasteiger partial charge in [-0.05, 0) is 42.7 Å². The van der Waals surface area contributed by atoms with Crippen LogP contribution in [0, 0.1) is 0 Å². The summed E-state index contributed by atoms with van der Waals surface area (Å²) in [6.07, 6.45) is 2.65. The molecule has 0 saturated carbocycles. The van der Waals surface area contributed by atoms with Crippen molar-refractivity contribution in [1.29, 1.82) is 0 Å². The van der Waals surface area contributed by atoms with Crippen molar-refractivity contribution in [3.8, 4) is 5.75 Å². The topological polar surface area (TPSA) is 66.9 Å². The monoisotopic (exact) mass is 408 g/mol. The van der Waals surface area contributed by atoms with E-state index in [0.29, 0.717) is 31.0 Å². The Morgan fingerprint density at radius 1 is 1.10 bits per heavy atom. The second kappa shape index (κ2) is 10.1. The Morgan fingerprint density at radius 2 is 1.80 bits per heavy atom. The minimum Gasteiger partial charge on any atom is -0.494 e. The fourth-order valence-electron chi connectivity index (χ4n) is 3.58. The SMILES string of the molecule is CCCCOc1ccc(N2C(=O)C[C@H](N(CCc3ccccc3)C(C)=O)C2=O)cc1. The van der Waals surface area contributed by atoms with E-state index in [1.54, 1.807) is 24.3 Å². The number of nitrogens with zero attached hydrogens (tertiary/aromatic N) is 2. The van der Waals surface area contributed by atoms with Gasteiger partial charge in [0.2, 0.25) is 11.8 Å². The van der Waals surface area contributed by atoms with Crippen LogP contribution in [0.2, 0.25) is 0 Å². The predicted octanol–water partition coefficient (Wildman–Crippen LogP) is 3.59. The highest BCUT2D eigenvalue weighted by atomic mass is 16.5. The van der Waals surface area contributed by atoms with Crippen molar-refractivity contribution in [3.05, 3.63) is 60.2 Å². The Balaban J connectivity index is 1.69. The van der Waals surface area contributed by atoms with Crippen molar-refractivity contribution in [2.45, 2.75) is 45.6 Å². The van der Waals surface area contributed by atoms with Crippen molar-refractivity contribution in [1.82, 2.24) is 4.90 Å². The van der Waals surface area contributed by atoms with Crippen molar-refractivity contribution < 1.29 is 19.1 Å². The zero-order chi connectivity index (χ0) is 21.5. The fraction of sp³-hybridized carbons (Fsp3) is 0.375. The van der Waals surface area contributed by atoms with Gasteiger partial charge in [-0.1, -0.05) is 43.7 Å². The maximum absolute atomic E-state index is 13.0. The number of rotatable bonds is 9. The largest absolute Gasteiger partial charge is 0.494 e. The van der Waals surface area contributed by atoms with Crippen LogP contribution in [-0.4, -0.2) is 41.8 Å². The smallest absolute Gasteiger partial charge is 0.257 e. The Kier molecular flexibility index (Phi) is 7.22. The number of hydrogen-bond donors (Lipinski definition) is 0. The lowest BCUT2D eigenvalue weighted by molar-refractivity contribution is -0.136. The Labute approximate surface area is 177 Å². The first-order chi connectivity index (χ1) is 14.5. The predicted molar refractivity (Wildman–Crippen MR) is 115 cm³/mol. The van der Waals surface area contributed by atoms with Crippen molar-refractivity contribution in [2.75, 3.05) is 18.1 Å². The fourth-order valence-corrected chi connectivity index (χ4v) is 3.58. The van der Waals surface area contributed by atoms with Crippen LogP contribution >= 0.6 is 0 Å². The number of ether oxygens (including phenoxy) is 1. The van der Waals surface area contributed by atoms with E-state index in [-0.39, 0.29) is 24.1 Å². The minimum atomic E-state index is -0.765. The summed E-state index contributed by atoms with van der Waals surface area (Å²) in [6, 6.07) is 16.0. The first kappa shape index (κ1) is 21.6. The maximum atomic E-state index is 13.0. The van der Waals surface area contributed by atoms with E-state index in [2.05, 4.69) is 6.92 Å². The van der Waals surface area contributed by atoms with Crippen molar-refractivity contribution in [2.24, 2.45) is 0 Å². The lowest BCUT2D eigenvalue weighted by atomic mass is 10.1. The zero-order valence-corrected chi connectivity index (χ0v) is 17.5. The number of amides is 3. The molecule has 1 atom stereocenters. The van der Waals surface area contributed by atoms with Crippen molar-refractivity contribution in [3.63, 3.8) is 0 Å². The standard InChI is InChI=1S/C24H28N2O4/c1-3-4-16-30-21-12-10-20(11-13-21)26-23(28)17-22(24(26)29)25(18(2)27)15-14-19-8-6-5-7-9-19/h5-13,22H,3-4,14-17H2,1-2H3/t22-/m0/s1. The highest BCUT2D eigenvalue weighted by Gasteiger charge is 2.43. The van der Waals surface area contributed by atoms with E-state index < -0.39 is 6.04 Å². The van der Waals surface area contributed by atoms with Crippen LogP contribution in [0.15, 0.2) is 54.6 Å². The lowest BCUT2D eigenvalue weighted by Crippen LogP contribution is -2.45. The number of imide groups is 1. The van der Waals surface area contributed by atoms with E-state index in [4.69, 9.17) is 4.74 Å². The first-order valence-electron chi connectivity index (χ1n) is 10.4. The molecule has 0 unspecified atom stereocenters. The molecule has 6 heteroatoms. The summed E-state index contributed by atoms with van der Waals surface area (Å²) in [7, 11) is 0. The zero-order valence-electron chi connectivity index (χ0n) is 17.5. The summed E-state index contributed by atoms with van der Waals surface area (Å²) in [4.78, 5) is 40.6.